The summed E-state index contributed by atoms with van der Waals surface area (Å²) in [6.07, 6.45) is 12.6. The number of nitrogens with zero attached hydrogens (tertiary/aromatic N) is 4. The molecule has 4 rings (SSSR count). The summed E-state index contributed by atoms with van der Waals surface area (Å²) in [4.78, 5) is 24.0. The Hall–Kier alpha value is -2.70. The van der Waals surface area contributed by atoms with Crippen LogP contribution >= 0.6 is 0 Å². The van der Waals surface area contributed by atoms with Crippen LogP contribution in [0.5, 0.6) is 0 Å². The van der Waals surface area contributed by atoms with Gasteiger partial charge in [-0.25, -0.2) is 4.98 Å². The molecule has 0 spiro atoms. The van der Waals surface area contributed by atoms with Crippen molar-refractivity contribution in [1.82, 2.24) is 20.4 Å². The van der Waals surface area contributed by atoms with Gasteiger partial charge in [-0.05, 0) is 57.1 Å². The molecule has 3 heterocycles. The third-order valence-corrected chi connectivity index (χ3v) is 6.02. The number of piperidine rings is 1. The molecule has 1 fully saturated rings. The van der Waals surface area contributed by atoms with E-state index in [9.17, 15) is 4.79 Å². The molecular formula is C23H31N5O2. The molecule has 1 amide bonds. The first kappa shape index (κ1) is 20.6. The van der Waals surface area contributed by atoms with Gasteiger partial charge in [0.2, 0.25) is 17.6 Å². The summed E-state index contributed by atoms with van der Waals surface area (Å²) in [6.45, 7) is 4.26. The number of nitrogens with one attached hydrogen (secondary N) is 1. The average Bonchev–Trinajstić information content (AvgIpc) is 3.29. The Kier molecular flexibility index (Phi) is 6.77. The molecule has 1 N–H and O–H groups in total. The summed E-state index contributed by atoms with van der Waals surface area (Å²) in [5.74, 6) is 2.13. The number of amides is 1. The molecule has 0 aromatic carbocycles. The van der Waals surface area contributed by atoms with Crippen LogP contribution in [0.25, 0.3) is 11.4 Å². The zero-order valence-electron chi connectivity index (χ0n) is 17.8. The number of hydrogen-bond acceptors (Lipinski definition) is 6. The van der Waals surface area contributed by atoms with Crippen LogP contribution < -0.4 is 10.2 Å². The smallest absolute Gasteiger partial charge is 0.226 e. The molecular weight excluding hydrogens is 378 g/mol. The second kappa shape index (κ2) is 9.87. The molecule has 0 radical (unpaired) electrons. The van der Waals surface area contributed by atoms with Gasteiger partial charge < -0.3 is 14.7 Å². The highest BCUT2D eigenvalue weighted by molar-refractivity contribution is 5.80. The fourth-order valence-corrected chi connectivity index (χ4v) is 4.34. The number of carbonyl (C=O) groups excluding carboxylic acids is 1. The van der Waals surface area contributed by atoms with Crippen molar-refractivity contribution in [1.29, 1.82) is 0 Å². The van der Waals surface area contributed by atoms with E-state index in [1.54, 1.807) is 6.20 Å². The van der Waals surface area contributed by atoms with E-state index in [0.717, 1.165) is 43.7 Å². The first-order valence-corrected chi connectivity index (χ1v) is 11.2. The molecule has 2 aliphatic rings. The van der Waals surface area contributed by atoms with Crippen LogP contribution in [0.4, 0.5) is 5.82 Å². The molecule has 0 unspecified atom stereocenters. The first-order valence-electron chi connectivity index (χ1n) is 11.2. The average molecular weight is 410 g/mol. The van der Waals surface area contributed by atoms with Crippen LogP contribution in [0, 0.1) is 5.92 Å². The van der Waals surface area contributed by atoms with Gasteiger partial charge in [0.05, 0.1) is 11.5 Å². The standard InChI is InChI=1S/C23H31N5O2/c1-2-20-26-21(27-30-20)19-11-6-13-24-22(19)28-15-7-10-18(16-28)23(29)25-14-12-17-8-4-3-5-9-17/h6,8,11,13,18H,2-5,7,9-10,12,14-16H2,1H3,(H,25,29)/t18-/m1/s1. The van der Waals surface area contributed by atoms with E-state index < -0.39 is 0 Å². The van der Waals surface area contributed by atoms with Crippen molar-refractivity contribution < 1.29 is 9.32 Å². The minimum atomic E-state index is -0.0228. The van der Waals surface area contributed by atoms with Crippen molar-refractivity contribution in [2.24, 2.45) is 5.92 Å². The minimum Gasteiger partial charge on any atom is -0.355 e. The van der Waals surface area contributed by atoms with Gasteiger partial charge in [0.25, 0.3) is 0 Å². The van der Waals surface area contributed by atoms with Crippen molar-refractivity contribution in [2.75, 3.05) is 24.5 Å². The Morgan fingerprint density at radius 2 is 2.27 bits per heavy atom. The normalized spacial score (nSPS) is 19.4. The molecule has 30 heavy (non-hydrogen) atoms. The van der Waals surface area contributed by atoms with Gasteiger partial charge in [-0.1, -0.05) is 23.7 Å². The molecule has 1 aliphatic heterocycles. The van der Waals surface area contributed by atoms with E-state index in [1.807, 2.05) is 19.1 Å². The second-order valence-corrected chi connectivity index (χ2v) is 8.17. The lowest BCUT2D eigenvalue weighted by Gasteiger charge is -2.33. The summed E-state index contributed by atoms with van der Waals surface area (Å²) >= 11 is 0. The zero-order valence-corrected chi connectivity index (χ0v) is 17.8. The van der Waals surface area contributed by atoms with Gasteiger partial charge in [-0.2, -0.15) is 4.98 Å². The van der Waals surface area contributed by atoms with Crippen molar-refractivity contribution in [2.45, 2.75) is 58.3 Å². The molecule has 7 heteroatoms. The molecule has 1 atom stereocenters. The Balaban J connectivity index is 1.39. The third kappa shape index (κ3) is 4.89. The van der Waals surface area contributed by atoms with Crippen molar-refractivity contribution in [3.63, 3.8) is 0 Å². The third-order valence-electron chi connectivity index (χ3n) is 6.02. The monoisotopic (exact) mass is 409 g/mol. The van der Waals surface area contributed by atoms with E-state index in [2.05, 4.69) is 31.4 Å². The highest BCUT2D eigenvalue weighted by atomic mass is 16.5. The van der Waals surface area contributed by atoms with E-state index >= 15 is 0 Å². The Bertz CT molecular complexity index is 891. The van der Waals surface area contributed by atoms with E-state index in [-0.39, 0.29) is 11.8 Å². The summed E-state index contributed by atoms with van der Waals surface area (Å²) in [5, 5.41) is 7.28. The second-order valence-electron chi connectivity index (χ2n) is 8.17. The first-order chi connectivity index (χ1) is 14.7. The number of hydrogen-bond donors (Lipinski definition) is 1. The van der Waals surface area contributed by atoms with Gasteiger partial charge in [-0.15, -0.1) is 0 Å². The topological polar surface area (TPSA) is 84.2 Å². The maximum atomic E-state index is 12.8. The van der Waals surface area contributed by atoms with E-state index in [4.69, 9.17) is 4.52 Å². The van der Waals surface area contributed by atoms with Gasteiger partial charge in [0.15, 0.2) is 0 Å². The fraction of sp³-hybridized carbons (Fsp3) is 0.565. The van der Waals surface area contributed by atoms with Crippen LogP contribution in [0.2, 0.25) is 0 Å². The summed E-state index contributed by atoms with van der Waals surface area (Å²) in [6, 6.07) is 3.85. The van der Waals surface area contributed by atoms with Crippen LogP contribution in [0.1, 0.15) is 57.8 Å². The molecule has 160 valence electrons. The summed E-state index contributed by atoms with van der Waals surface area (Å²) in [5.41, 5.74) is 2.35. The van der Waals surface area contributed by atoms with Crippen LogP contribution in [-0.4, -0.2) is 40.7 Å². The molecule has 2 aromatic heterocycles. The molecule has 1 aliphatic carbocycles. The van der Waals surface area contributed by atoms with Crippen LogP contribution in [-0.2, 0) is 11.2 Å². The van der Waals surface area contributed by atoms with E-state index in [0.29, 0.717) is 24.7 Å². The molecule has 0 saturated carbocycles. The van der Waals surface area contributed by atoms with Crippen molar-refractivity contribution >= 4 is 11.7 Å². The largest absolute Gasteiger partial charge is 0.355 e. The minimum absolute atomic E-state index is 0.0228. The number of allylic oxidation sites excluding steroid dienone is 1. The maximum absolute atomic E-state index is 12.8. The number of carbonyl (C=O) groups is 1. The lowest BCUT2D eigenvalue weighted by Crippen LogP contribution is -2.43. The van der Waals surface area contributed by atoms with Gasteiger partial charge >= 0.3 is 0 Å². The number of anilines is 1. The summed E-state index contributed by atoms with van der Waals surface area (Å²) < 4.78 is 5.29. The maximum Gasteiger partial charge on any atom is 0.226 e. The van der Waals surface area contributed by atoms with Gasteiger partial charge in [0, 0.05) is 32.3 Å². The Labute approximate surface area is 178 Å². The Morgan fingerprint density at radius 1 is 1.33 bits per heavy atom. The van der Waals surface area contributed by atoms with E-state index in [1.165, 1.54) is 31.3 Å². The van der Waals surface area contributed by atoms with Gasteiger partial charge in [0.1, 0.15) is 5.82 Å². The molecule has 0 bridgehead atoms. The number of aryl methyl sites for hydroxylation is 1. The predicted molar refractivity (Wildman–Crippen MR) is 116 cm³/mol. The SMILES string of the molecule is CCc1nc(-c2cccnc2N2CCC[C@@H](C(=O)NCCC3=CCCCC3)C2)no1. The number of aromatic nitrogens is 3. The fourth-order valence-electron chi connectivity index (χ4n) is 4.34. The lowest BCUT2D eigenvalue weighted by atomic mass is 9.95. The molecule has 7 nitrogen and oxygen atoms in total. The Morgan fingerprint density at radius 3 is 3.07 bits per heavy atom. The van der Waals surface area contributed by atoms with Crippen molar-refractivity contribution in [3.8, 4) is 11.4 Å². The molecule has 1 saturated heterocycles. The van der Waals surface area contributed by atoms with Gasteiger partial charge in [-0.3, -0.25) is 4.79 Å². The van der Waals surface area contributed by atoms with Crippen LogP contribution in [0.3, 0.4) is 0 Å². The highest BCUT2D eigenvalue weighted by Gasteiger charge is 2.28. The quantitative estimate of drug-likeness (QED) is 0.698. The summed E-state index contributed by atoms with van der Waals surface area (Å²) in [7, 11) is 0. The zero-order chi connectivity index (χ0) is 20.8. The predicted octanol–water partition coefficient (Wildman–Crippen LogP) is 3.92. The van der Waals surface area contributed by atoms with Crippen molar-refractivity contribution in [3.05, 3.63) is 35.9 Å². The molecule has 2 aromatic rings. The lowest BCUT2D eigenvalue weighted by molar-refractivity contribution is -0.125. The van der Waals surface area contributed by atoms with Crippen LogP contribution in [0.15, 0.2) is 34.5 Å². The number of pyridine rings is 1. The number of rotatable bonds is 7. The highest BCUT2D eigenvalue weighted by Crippen LogP contribution is 2.30.